The van der Waals surface area contributed by atoms with Crippen molar-refractivity contribution >= 4 is 39.7 Å². The number of benzene rings is 5. The third-order valence-corrected chi connectivity index (χ3v) is 6.70. The van der Waals surface area contributed by atoms with E-state index in [0.29, 0.717) is 27.8 Å². The molecule has 6 aromatic rings. The average molecular weight is 527 g/mol. The number of nitrogens with zero attached hydrogens (tertiary/aromatic N) is 4. The topological polar surface area (TPSA) is 59.6 Å². The van der Waals surface area contributed by atoms with Crippen LogP contribution < -0.4 is 0 Å². The van der Waals surface area contributed by atoms with Crippen molar-refractivity contribution in [3.8, 4) is 22.5 Å². The number of fused-ring (bicyclic) bond motifs is 1. The van der Waals surface area contributed by atoms with Crippen molar-refractivity contribution in [3.05, 3.63) is 138 Å². The van der Waals surface area contributed by atoms with Crippen LogP contribution in [0.25, 0.3) is 33.3 Å². The summed E-state index contributed by atoms with van der Waals surface area (Å²) < 4.78 is 1.48. The van der Waals surface area contributed by atoms with Gasteiger partial charge in [0.25, 0.3) is 5.91 Å². The molecule has 1 heterocycles. The van der Waals surface area contributed by atoms with Crippen LogP contribution in [0, 0.1) is 0 Å². The Hall–Kier alpha value is -4.87. The van der Waals surface area contributed by atoms with Crippen LogP contribution in [-0.2, 0) is 6.42 Å². The van der Waals surface area contributed by atoms with E-state index in [0.717, 1.165) is 27.5 Å². The fourth-order valence-corrected chi connectivity index (χ4v) is 4.67. The Morgan fingerprint density at radius 3 is 2.05 bits per heavy atom. The largest absolute Gasteiger partial charge is 0.272 e. The Bertz CT molecular complexity index is 1790. The number of azo groups is 1. The molecule has 6 heteroatoms. The van der Waals surface area contributed by atoms with Crippen molar-refractivity contribution in [3.63, 3.8) is 0 Å². The quantitative estimate of drug-likeness (QED) is 0.203. The zero-order chi connectivity index (χ0) is 26.6. The maximum absolute atomic E-state index is 13.9. The predicted molar refractivity (Wildman–Crippen MR) is 157 cm³/mol. The van der Waals surface area contributed by atoms with Gasteiger partial charge in [-0.3, -0.25) is 4.79 Å². The van der Waals surface area contributed by atoms with Crippen LogP contribution in [0.1, 0.15) is 10.4 Å². The lowest BCUT2D eigenvalue weighted by Crippen LogP contribution is -2.16. The van der Waals surface area contributed by atoms with Gasteiger partial charge in [0.15, 0.2) is 0 Å². The standard InChI is InChI=1S/C33H23ClN4O/c34-28-17-19-29(20-18-28)35-36-32-31(25-10-3-1-4-11-25)37-38(33(32)26-12-5-2-6-13-26)30(39)22-23-15-16-24-9-7-8-14-27(24)21-23/h1-21H,22H2. The summed E-state index contributed by atoms with van der Waals surface area (Å²) in [5.41, 5.74) is 4.93. The summed E-state index contributed by atoms with van der Waals surface area (Å²) in [7, 11) is 0. The maximum Gasteiger partial charge on any atom is 0.251 e. The highest BCUT2D eigenvalue weighted by atomic mass is 35.5. The normalized spacial score (nSPS) is 11.3. The summed E-state index contributed by atoms with van der Waals surface area (Å²) in [6, 6.07) is 40.8. The van der Waals surface area contributed by atoms with Crippen LogP contribution in [0.4, 0.5) is 11.4 Å². The molecule has 0 saturated carbocycles. The summed E-state index contributed by atoms with van der Waals surface area (Å²) in [4.78, 5) is 13.9. The van der Waals surface area contributed by atoms with E-state index in [1.54, 1.807) is 24.3 Å². The SMILES string of the molecule is O=C(Cc1ccc2ccccc2c1)n1nc(-c2ccccc2)c(N=Nc2ccc(Cl)cc2)c1-c1ccccc1. The molecule has 5 nitrogen and oxygen atoms in total. The van der Waals surface area contributed by atoms with Crippen LogP contribution in [0.5, 0.6) is 0 Å². The summed E-state index contributed by atoms with van der Waals surface area (Å²) in [6.07, 6.45) is 0.189. The molecule has 188 valence electrons. The Labute approximate surface area is 231 Å². The third-order valence-electron chi connectivity index (χ3n) is 6.45. The van der Waals surface area contributed by atoms with E-state index in [2.05, 4.69) is 28.4 Å². The Morgan fingerprint density at radius 2 is 1.33 bits per heavy atom. The Morgan fingerprint density at radius 1 is 0.692 bits per heavy atom. The number of carbonyl (C=O) groups is 1. The molecular weight excluding hydrogens is 504 g/mol. The van der Waals surface area contributed by atoms with Gasteiger partial charge in [0.05, 0.1) is 12.1 Å². The molecule has 0 amide bonds. The molecule has 0 saturated heterocycles. The summed E-state index contributed by atoms with van der Waals surface area (Å²) >= 11 is 6.05. The smallest absolute Gasteiger partial charge is 0.251 e. The highest BCUT2D eigenvalue weighted by Crippen LogP contribution is 2.40. The lowest BCUT2D eigenvalue weighted by molar-refractivity contribution is 0.0901. The van der Waals surface area contributed by atoms with Crippen molar-refractivity contribution in [1.29, 1.82) is 0 Å². The van der Waals surface area contributed by atoms with E-state index in [-0.39, 0.29) is 12.3 Å². The van der Waals surface area contributed by atoms with Gasteiger partial charge in [-0.25, -0.2) is 0 Å². The third kappa shape index (κ3) is 5.26. The molecule has 1 aromatic heterocycles. The van der Waals surface area contributed by atoms with Gasteiger partial charge < -0.3 is 0 Å². The van der Waals surface area contributed by atoms with E-state index >= 15 is 0 Å². The average Bonchev–Trinajstić information content (AvgIpc) is 3.37. The summed E-state index contributed by atoms with van der Waals surface area (Å²) in [6.45, 7) is 0. The van der Waals surface area contributed by atoms with E-state index in [9.17, 15) is 4.79 Å². The van der Waals surface area contributed by atoms with E-state index in [1.807, 2.05) is 84.9 Å². The number of hydrogen-bond acceptors (Lipinski definition) is 4. The van der Waals surface area contributed by atoms with Gasteiger partial charge in [0.1, 0.15) is 17.1 Å². The minimum Gasteiger partial charge on any atom is -0.272 e. The minimum absolute atomic E-state index is 0.158. The van der Waals surface area contributed by atoms with Crippen molar-refractivity contribution in [1.82, 2.24) is 9.78 Å². The van der Waals surface area contributed by atoms with Crippen molar-refractivity contribution in [2.75, 3.05) is 0 Å². The molecular formula is C33H23ClN4O. The van der Waals surface area contributed by atoms with Crippen LogP contribution in [0.3, 0.4) is 0 Å². The van der Waals surface area contributed by atoms with Crippen molar-refractivity contribution in [2.24, 2.45) is 10.2 Å². The molecule has 0 aliphatic rings. The summed E-state index contributed by atoms with van der Waals surface area (Å²) in [5, 5.41) is 16.8. The first-order valence-corrected chi connectivity index (χ1v) is 13.0. The lowest BCUT2D eigenvalue weighted by atomic mass is 10.0. The van der Waals surface area contributed by atoms with Gasteiger partial charge in [-0.2, -0.15) is 14.9 Å². The van der Waals surface area contributed by atoms with Crippen LogP contribution >= 0.6 is 11.6 Å². The first kappa shape index (κ1) is 24.5. The molecule has 5 aromatic carbocycles. The van der Waals surface area contributed by atoms with Gasteiger partial charge >= 0.3 is 0 Å². The van der Waals surface area contributed by atoms with Crippen LogP contribution in [-0.4, -0.2) is 15.7 Å². The number of carbonyl (C=O) groups excluding carboxylic acids is 1. The van der Waals surface area contributed by atoms with E-state index in [1.165, 1.54) is 4.68 Å². The molecule has 6 rings (SSSR count). The van der Waals surface area contributed by atoms with Gasteiger partial charge in [-0.15, -0.1) is 5.11 Å². The fraction of sp³-hybridized carbons (Fsp3) is 0.0303. The second-order valence-corrected chi connectivity index (χ2v) is 9.55. The molecule has 0 unspecified atom stereocenters. The Balaban J connectivity index is 1.49. The minimum atomic E-state index is -0.158. The van der Waals surface area contributed by atoms with Crippen LogP contribution in [0.2, 0.25) is 5.02 Å². The summed E-state index contributed by atoms with van der Waals surface area (Å²) in [5.74, 6) is -0.158. The van der Waals surface area contributed by atoms with E-state index < -0.39 is 0 Å². The van der Waals surface area contributed by atoms with Gasteiger partial charge in [0.2, 0.25) is 0 Å². The number of rotatable bonds is 6. The molecule has 0 N–H and O–H groups in total. The molecule has 0 spiro atoms. The highest BCUT2D eigenvalue weighted by Gasteiger charge is 2.24. The first-order valence-electron chi connectivity index (χ1n) is 12.6. The number of hydrogen-bond donors (Lipinski definition) is 0. The molecule has 0 bridgehead atoms. The van der Waals surface area contributed by atoms with Crippen LogP contribution in [0.15, 0.2) is 138 Å². The van der Waals surface area contributed by atoms with Crippen molar-refractivity contribution in [2.45, 2.75) is 6.42 Å². The highest BCUT2D eigenvalue weighted by molar-refractivity contribution is 6.30. The first-order chi connectivity index (χ1) is 19.2. The predicted octanol–water partition coefficient (Wildman–Crippen LogP) is 9.32. The molecule has 0 aliphatic carbocycles. The van der Waals surface area contributed by atoms with Gasteiger partial charge in [-0.1, -0.05) is 115 Å². The lowest BCUT2D eigenvalue weighted by Gasteiger charge is -2.08. The fourth-order valence-electron chi connectivity index (χ4n) is 4.54. The monoisotopic (exact) mass is 526 g/mol. The molecule has 0 fully saturated rings. The molecule has 0 atom stereocenters. The number of halogens is 1. The van der Waals surface area contributed by atoms with Gasteiger partial charge in [-0.05, 0) is 40.6 Å². The molecule has 0 aliphatic heterocycles. The number of aromatic nitrogens is 2. The second-order valence-electron chi connectivity index (χ2n) is 9.12. The van der Waals surface area contributed by atoms with E-state index in [4.69, 9.17) is 16.7 Å². The second kappa shape index (κ2) is 10.9. The molecule has 0 radical (unpaired) electrons. The zero-order valence-electron chi connectivity index (χ0n) is 20.9. The van der Waals surface area contributed by atoms with Gasteiger partial charge in [0, 0.05) is 16.1 Å². The maximum atomic E-state index is 13.9. The zero-order valence-corrected chi connectivity index (χ0v) is 21.7. The molecule has 39 heavy (non-hydrogen) atoms. The Kier molecular flexibility index (Phi) is 6.81. The van der Waals surface area contributed by atoms with Crippen molar-refractivity contribution < 1.29 is 4.79 Å².